The van der Waals surface area contributed by atoms with Gasteiger partial charge in [-0.15, -0.1) is 11.8 Å². The van der Waals surface area contributed by atoms with E-state index in [1.807, 2.05) is 36.4 Å². The van der Waals surface area contributed by atoms with E-state index >= 15 is 0 Å². The molecule has 0 saturated heterocycles. The van der Waals surface area contributed by atoms with Gasteiger partial charge in [0.1, 0.15) is 11.2 Å². The molecule has 4 aromatic carbocycles. The Morgan fingerprint density at radius 3 is 2.28 bits per heavy atom. The summed E-state index contributed by atoms with van der Waals surface area (Å²) >= 11 is 8.20. The maximum absolute atomic E-state index is 6.55. The van der Waals surface area contributed by atoms with Crippen LogP contribution in [0.2, 0.25) is 5.02 Å². The molecule has 4 heteroatoms. The van der Waals surface area contributed by atoms with E-state index in [1.165, 1.54) is 16.7 Å². The molecule has 0 fully saturated rings. The standard InChI is InChI=1S/C25H18ClNOS/c26-20-14-22-23(19-8-4-5-9-21(19)28-22)24(27)25(20)29-15-16-10-12-18(13-11-16)17-6-2-1-3-7-17/h1-14H,15,27H2. The average molecular weight is 416 g/mol. The average Bonchev–Trinajstić information content (AvgIpc) is 3.13. The highest BCUT2D eigenvalue weighted by Crippen LogP contribution is 2.43. The number of benzene rings is 4. The van der Waals surface area contributed by atoms with Gasteiger partial charge in [-0.25, -0.2) is 0 Å². The monoisotopic (exact) mass is 415 g/mol. The van der Waals surface area contributed by atoms with Crippen molar-refractivity contribution >= 4 is 51.0 Å². The van der Waals surface area contributed by atoms with Gasteiger partial charge in [-0.1, -0.05) is 84.4 Å². The molecule has 0 atom stereocenters. The molecule has 0 radical (unpaired) electrons. The van der Waals surface area contributed by atoms with Crippen molar-refractivity contribution in [1.29, 1.82) is 0 Å². The van der Waals surface area contributed by atoms with Crippen molar-refractivity contribution in [3.63, 3.8) is 0 Å². The maximum Gasteiger partial charge on any atom is 0.139 e. The summed E-state index contributed by atoms with van der Waals surface area (Å²) in [5.41, 5.74) is 12.4. The molecule has 0 amide bonds. The van der Waals surface area contributed by atoms with Crippen LogP contribution in [0.3, 0.4) is 0 Å². The Bertz CT molecular complexity index is 1310. The fourth-order valence-electron chi connectivity index (χ4n) is 3.59. The minimum atomic E-state index is 0.625. The zero-order valence-electron chi connectivity index (χ0n) is 15.6. The van der Waals surface area contributed by atoms with Gasteiger partial charge in [-0.3, -0.25) is 0 Å². The first kappa shape index (κ1) is 18.2. The third kappa shape index (κ3) is 3.37. The largest absolute Gasteiger partial charge is 0.456 e. The van der Waals surface area contributed by atoms with Crippen LogP contribution in [-0.4, -0.2) is 0 Å². The molecule has 5 rings (SSSR count). The van der Waals surface area contributed by atoms with E-state index in [2.05, 4.69) is 48.5 Å². The Hall–Kier alpha value is -2.88. The van der Waals surface area contributed by atoms with Crippen molar-refractivity contribution in [3.8, 4) is 11.1 Å². The molecule has 142 valence electrons. The Morgan fingerprint density at radius 2 is 1.48 bits per heavy atom. The molecule has 2 nitrogen and oxygen atoms in total. The van der Waals surface area contributed by atoms with E-state index in [4.69, 9.17) is 21.8 Å². The number of furan rings is 1. The van der Waals surface area contributed by atoms with Gasteiger partial charge < -0.3 is 10.2 Å². The van der Waals surface area contributed by atoms with Gasteiger partial charge in [-0.05, 0) is 22.8 Å². The van der Waals surface area contributed by atoms with Crippen molar-refractivity contribution in [2.45, 2.75) is 10.6 Å². The van der Waals surface area contributed by atoms with Crippen LogP contribution in [0.4, 0.5) is 5.69 Å². The Labute approximate surface area is 178 Å². The summed E-state index contributed by atoms with van der Waals surface area (Å²) < 4.78 is 5.91. The summed E-state index contributed by atoms with van der Waals surface area (Å²) in [6.45, 7) is 0. The number of thioether (sulfide) groups is 1. The van der Waals surface area contributed by atoms with Crippen molar-refractivity contribution < 1.29 is 4.42 Å². The van der Waals surface area contributed by atoms with Crippen molar-refractivity contribution in [1.82, 2.24) is 0 Å². The first-order valence-corrected chi connectivity index (χ1v) is 10.7. The number of hydrogen-bond acceptors (Lipinski definition) is 3. The molecule has 1 aromatic heterocycles. The minimum Gasteiger partial charge on any atom is -0.456 e. The second-order valence-corrected chi connectivity index (χ2v) is 8.32. The van der Waals surface area contributed by atoms with E-state index < -0.39 is 0 Å². The summed E-state index contributed by atoms with van der Waals surface area (Å²) in [5.74, 6) is 0.792. The van der Waals surface area contributed by atoms with Crippen molar-refractivity contribution in [2.24, 2.45) is 0 Å². The second kappa shape index (κ2) is 7.51. The lowest BCUT2D eigenvalue weighted by Gasteiger charge is -2.10. The first-order chi connectivity index (χ1) is 14.2. The van der Waals surface area contributed by atoms with Crippen LogP contribution in [0.5, 0.6) is 0 Å². The first-order valence-electron chi connectivity index (χ1n) is 9.37. The van der Waals surface area contributed by atoms with Crippen LogP contribution in [-0.2, 0) is 5.75 Å². The van der Waals surface area contributed by atoms with Crippen molar-refractivity contribution in [3.05, 3.63) is 95.5 Å². The molecule has 5 aromatic rings. The normalized spacial score (nSPS) is 11.3. The zero-order valence-corrected chi connectivity index (χ0v) is 17.1. The van der Waals surface area contributed by atoms with Crippen LogP contribution in [0.15, 0.2) is 94.2 Å². The molecule has 0 saturated carbocycles. The predicted octanol–water partition coefficient (Wildman–Crippen LogP) is 7.78. The Morgan fingerprint density at radius 1 is 0.793 bits per heavy atom. The second-order valence-electron chi connectivity index (χ2n) is 6.92. The lowest BCUT2D eigenvalue weighted by molar-refractivity contribution is 0.669. The molecule has 0 unspecified atom stereocenters. The number of anilines is 1. The minimum absolute atomic E-state index is 0.625. The Balaban J connectivity index is 1.44. The molecule has 0 spiro atoms. The summed E-state index contributed by atoms with van der Waals surface area (Å²) in [6, 6.07) is 28.8. The van der Waals surface area contributed by atoms with Crippen LogP contribution >= 0.6 is 23.4 Å². The molecular formula is C25H18ClNOS. The van der Waals surface area contributed by atoms with Gasteiger partial charge in [-0.2, -0.15) is 0 Å². The topological polar surface area (TPSA) is 39.2 Å². The van der Waals surface area contributed by atoms with Crippen LogP contribution in [0, 0.1) is 0 Å². The summed E-state index contributed by atoms with van der Waals surface area (Å²) in [5, 5.41) is 2.58. The fraction of sp³-hybridized carbons (Fsp3) is 0.0400. The third-order valence-corrected chi connectivity index (χ3v) is 6.67. The van der Waals surface area contributed by atoms with Crippen LogP contribution in [0.1, 0.15) is 5.56 Å². The van der Waals surface area contributed by atoms with Crippen LogP contribution < -0.4 is 5.73 Å². The van der Waals surface area contributed by atoms with Gasteiger partial charge in [0, 0.05) is 17.2 Å². The summed E-state index contributed by atoms with van der Waals surface area (Å²) in [7, 11) is 0. The number of nitrogen functional groups attached to an aromatic ring is 1. The van der Waals surface area contributed by atoms with Gasteiger partial charge in [0.05, 0.1) is 21.0 Å². The molecule has 29 heavy (non-hydrogen) atoms. The highest BCUT2D eigenvalue weighted by molar-refractivity contribution is 7.98. The molecule has 0 aliphatic carbocycles. The molecule has 0 aliphatic rings. The van der Waals surface area contributed by atoms with E-state index in [9.17, 15) is 0 Å². The van der Waals surface area contributed by atoms with Crippen molar-refractivity contribution in [2.75, 3.05) is 5.73 Å². The highest BCUT2D eigenvalue weighted by Gasteiger charge is 2.16. The zero-order chi connectivity index (χ0) is 19.8. The fourth-order valence-corrected chi connectivity index (χ4v) is 4.92. The molecular weight excluding hydrogens is 398 g/mol. The van der Waals surface area contributed by atoms with Gasteiger partial charge in [0.25, 0.3) is 0 Å². The van der Waals surface area contributed by atoms with Crippen LogP contribution in [0.25, 0.3) is 33.1 Å². The van der Waals surface area contributed by atoms with E-state index in [-0.39, 0.29) is 0 Å². The molecule has 1 heterocycles. The molecule has 0 bridgehead atoms. The summed E-state index contributed by atoms with van der Waals surface area (Å²) in [4.78, 5) is 0.901. The lowest BCUT2D eigenvalue weighted by atomic mass is 10.0. The SMILES string of the molecule is Nc1c(SCc2ccc(-c3ccccc3)cc2)c(Cl)cc2oc3ccccc3c12. The maximum atomic E-state index is 6.55. The predicted molar refractivity (Wildman–Crippen MR) is 125 cm³/mol. The third-order valence-electron chi connectivity index (χ3n) is 5.06. The number of hydrogen-bond donors (Lipinski definition) is 1. The number of nitrogens with two attached hydrogens (primary N) is 1. The van der Waals surface area contributed by atoms with E-state index in [0.717, 1.165) is 32.6 Å². The Kier molecular flexibility index (Phi) is 4.70. The smallest absolute Gasteiger partial charge is 0.139 e. The molecule has 2 N–H and O–H groups in total. The van der Waals surface area contributed by atoms with Gasteiger partial charge >= 0.3 is 0 Å². The van der Waals surface area contributed by atoms with Gasteiger partial charge in [0.15, 0.2) is 0 Å². The summed E-state index contributed by atoms with van der Waals surface area (Å²) in [6.07, 6.45) is 0. The highest BCUT2D eigenvalue weighted by atomic mass is 35.5. The van der Waals surface area contributed by atoms with E-state index in [0.29, 0.717) is 10.7 Å². The number of fused-ring (bicyclic) bond motifs is 3. The number of para-hydroxylation sites is 1. The number of halogens is 1. The lowest BCUT2D eigenvalue weighted by Crippen LogP contribution is -1.92. The number of rotatable bonds is 4. The van der Waals surface area contributed by atoms with E-state index in [1.54, 1.807) is 11.8 Å². The quantitative estimate of drug-likeness (QED) is 0.240. The molecule has 0 aliphatic heterocycles. The van der Waals surface area contributed by atoms with Gasteiger partial charge in [0.2, 0.25) is 0 Å².